The van der Waals surface area contributed by atoms with Gasteiger partial charge in [-0.2, -0.15) is 5.10 Å². The van der Waals surface area contributed by atoms with Crippen molar-refractivity contribution in [2.75, 3.05) is 6.61 Å². The fourth-order valence-electron chi connectivity index (χ4n) is 2.05. The van der Waals surface area contributed by atoms with E-state index in [0.29, 0.717) is 17.9 Å². The lowest BCUT2D eigenvalue weighted by Crippen LogP contribution is -2.17. The molecule has 0 radical (unpaired) electrons. The summed E-state index contributed by atoms with van der Waals surface area (Å²) in [7, 11) is 0. The quantitative estimate of drug-likeness (QED) is 0.503. The zero-order valence-electron chi connectivity index (χ0n) is 13.4. The molecule has 2 rings (SSSR count). The Balaban J connectivity index is 1.96. The van der Waals surface area contributed by atoms with E-state index >= 15 is 0 Å². The van der Waals surface area contributed by atoms with E-state index in [2.05, 4.69) is 23.2 Å². The van der Waals surface area contributed by atoms with Crippen LogP contribution in [0.15, 0.2) is 60.2 Å². The number of hydrogen-bond donors (Lipinski definition) is 1. The molecule has 2 aromatic carbocycles. The van der Waals surface area contributed by atoms with Gasteiger partial charge in [0.1, 0.15) is 12.4 Å². The largest absolute Gasteiger partial charge is 0.490 e. The summed E-state index contributed by atoms with van der Waals surface area (Å²) < 4.78 is 5.37. The third kappa shape index (κ3) is 4.81. The lowest BCUT2D eigenvalue weighted by atomic mass is 10.1. The topological polar surface area (TPSA) is 50.7 Å². The second kappa shape index (κ2) is 7.94. The Hall–Kier alpha value is -2.88. The first kappa shape index (κ1) is 16.5. The smallest absolute Gasteiger partial charge is 0.271 e. The van der Waals surface area contributed by atoms with Gasteiger partial charge in [-0.05, 0) is 49.2 Å². The van der Waals surface area contributed by atoms with Gasteiger partial charge in [-0.3, -0.25) is 4.79 Å². The molecule has 0 unspecified atom stereocenters. The highest BCUT2D eigenvalue weighted by atomic mass is 16.5. The molecule has 0 aliphatic heterocycles. The van der Waals surface area contributed by atoms with Crippen LogP contribution in [0.3, 0.4) is 0 Å². The monoisotopic (exact) mass is 308 g/mol. The molecule has 1 N–H and O–H groups in total. The van der Waals surface area contributed by atoms with Crippen LogP contribution in [0, 0.1) is 13.8 Å². The normalized spacial score (nSPS) is 10.5. The minimum Gasteiger partial charge on any atom is -0.490 e. The fraction of sp³-hybridized carbons (Fsp3) is 0.158. The average Bonchev–Trinajstić information content (AvgIpc) is 2.55. The molecule has 0 saturated heterocycles. The van der Waals surface area contributed by atoms with Crippen LogP contribution in [0.1, 0.15) is 27.0 Å². The number of hydrogen-bond acceptors (Lipinski definition) is 3. The lowest BCUT2D eigenvalue weighted by molar-refractivity contribution is 0.0955. The lowest BCUT2D eigenvalue weighted by Gasteiger charge is -2.04. The highest BCUT2D eigenvalue weighted by molar-refractivity contribution is 5.95. The van der Waals surface area contributed by atoms with Crippen molar-refractivity contribution in [1.29, 1.82) is 0 Å². The highest BCUT2D eigenvalue weighted by Gasteiger charge is 2.04. The number of carbonyl (C=O) groups is 1. The zero-order chi connectivity index (χ0) is 16.7. The Morgan fingerprint density at radius 3 is 2.61 bits per heavy atom. The average molecular weight is 308 g/mol. The molecule has 0 fully saturated rings. The third-order valence-electron chi connectivity index (χ3n) is 3.28. The van der Waals surface area contributed by atoms with E-state index in [1.165, 1.54) is 5.56 Å². The first-order chi connectivity index (χ1) is 11.1. The van der Waals surface area contributed by atoms with Gasteiger partial charge < -0.3 is 4.74 Å². The van der Waals surface area contributed by atoms with Gasteiger partial charge in [-0.15, -0.1) is 0 Å². The summed E-state index contributed by atoms with van der Waals surface area (Å²) in [4.78, 5) is 12.0. The van der Waals surface area contributed by atoms with Crippen molar-refractivity contribution in [3.63, 3.8) is 0 Å². The van der Waals surface area contributed by atoms with Crippen LogP contribution in [0.2, 0.25) is 0 Å². The number of amides is 1. The zero-order valence-corrected chi connectivity index (χ0v) is 13.4. The molecule has 0 aliphatic carbocycles. The van der Waals surface area contributed by atoms with E-state index in [9.17, 15) is 4.79 Å². The summed E-state index contributed by atoms with van der Waals surface area (Å²) in [6, 6.07) is 12.9. The van der Waals surface area contributed by atoms with Gasteiger partial charge in [0.25, 0.3) is 5.91 Å². The number of ether oxygens (including phenoxy) is 1. The maximum Gasteiger partial charge on any atom is 0.271 e. The van der Waals surface area contributed by atoms with Gasteiger partial charge in [0.15, 0.2) is 0 Å². The summed E-state index contributed by atoms with van der Waals surface area (Å²) in [5, 5.41) is 4.01. The van der Waals surface area contributed by atoms with E-state index < -0.39 is 0 Å². The van der Waals surface area contributed by atoms with Crippen LogP contribution in [0.5, 0.6) is 5.75 Å². The number of nitrogens with one attached hydrogen (secondary N) is 1. The van der Waals surface area contributed by atoms with Crippen LogP contribution >= 0.6 is 0 Å². The number of aryl methyl sites for hydroxylation is 2. The van der Waals surface area contributed by atoms with Gasteiger partial charge in [0, 0.05) is 5.56 Å². The highest BCUT2D eigenvalue weighted by Crippen LogP contribution is 2.12. The second-order valence-electron chi connectivity index (χ2n) is 5.18. The van der Waals surface area contributed by atoms with Gasteiger partial charge in [-0.25, -0.2) is 5.43 Å². The minimum atomic E-state index is -0.263. The fourth-order valence-corrected chi connectivity index (χ4v) is 2.05. The molecule has 0 aromatic heterocycles. The molecule has 2 aromatic rings. The van der Waals surface area contributed by atoms with Crippen LogP contribution < -0.4 is 10.2 Å². The number of carbonyl (C=O) groups excluding carboxylic acids is 1. The Morgan fingerprint density at radius 1 is 1.22 bits per heavy atom. The first-order valence-corrected chi connectivity index (χ1v) is 7.34. The molecule has 118 valence electrons. The number of benzene rings is 2. The van der Waals surface area contributed by atoms with E-state index in [-0.39, 0.29) is 5.91 Å². The number of hydrazone groups is 1. The molecular weight excluding hydrogens is 288 g/mol. The van der Waals surface area contributed by atoms with Gasteiger partial charge in [-0.1, -0.05) is 36.4 Å². The van der Waals surface area contributed by atoms with Crippen molar-refractivity contribution in [2.24, 2.45) is 5.10 Å². The predicted octanol–water partition coefficient (Wildman–Crippen LogP) is 3.63. The molecule has 1 amide bonds. The predicted molar refractivity (Wildman–Crippen MR) is 93.1 cm³/mol. The standard InChI is InChI=1S/C19H20N2O2/c1-4-11-23-18-9-7-16(8-10-18)19(22)21-20-13-17-6-5-14(2)12-15(17)3/h4-10,12-13H,1,11H2,2-3H3,(H,21,22). The van der Waals surface area contributed by atoms with Crippen molar-refractivity contribution < 1.29 is 9.53 Å². The van der Waals surface area contributed by atoms with Crippen LogP contribution in [-0.4, -0.2) is 18.7 Å². The Bertz CT molecular complexity index is 719. The van der Waals surface area contributed by atoms with Crippen molar-refractivity contribution in [3.8, 4) is 5.75 Å². The minimum absolute atomic E-state index is 0.263. The SMILES string of the molecule is C=CCOc1ccc(C(=O)NN=Cc2ccc(C)cc2C)cc1. The van der Waals surface area contributed by atoms with Gasteiger partial charge >= 0.3 is 0 Å². The van der Waals surface area contributed by atoms with Crippen molar-refractivity contribution >= 4 is 12.1 Å². The molecule has 4 heteroatoms. The molecular formula is C19H20N2O2. The van der Waals surface area contributed by atoms with Gasteiger partial charge in [0.05, 0.1) is 6.21 Å². The first-order valence-electron chi connectivity index (χ1n) is 7.34. The van der Waals surface area contributed by atoms with E-state index in [1.54, 1.807) is 36.6 Å². The Labute approximate surface area is 136 Å². The number of nitrogens with zero attached hydrogens (tertiary/aromatic N) is 1. The Morgan fingerprint density at radius 2 is 1.96 bits per heavy atom. The van der Waals surface area contributed by atoms with E-state index in [0.717, 1.165) is 11.1 Å². The van der Waals surface area contributed by atoms with Crippen molar-refractivity contribution in [3.05, 3.63) is 77.4 Å². The van der Waals surface area contributed by atoms with Crippen molar-refractivity contribution in [1.82, 2.24) is 5.43 Å². The molecule has 0 heterocycles. The van der Waals surface area contributed by atoms with Gasteiger partial charge in [0.2, 0.25) is 0 Å². The van der Waals surface area contributed by atoms with E-state index in [4.69, 9.17) is 4.74 Å². The Kier molecular flexibility index (Phi) is 5.69. The number of rotatable bonds is 6. The summed E-state index contributed by atoms with van der Waals surface area (Å²) in [5.41, 5.74) is 6.34. The second-order valence-corrected chi connectivity index (χ2v) is 5.18. The third-order valence-corrected chi connectivity index (χ3v) is 3.28. The molecule has 0 atom stereocenters. The summed E-state index contributed by atoms with van der Waals surface area (Å²) in [6.07, 6.45) is 3.32. The van der Waals surface area contributed by atoms with Crippen LogP contribution in [0.25, 0.3) is 0 Å². The summed E-state index contributed by atoms with van der Waals surface area (Å²) in [5.74, 6) is 0.432. The molecule has 23 heavy (non-hydrogen) atoms. The molecule has 0 saturated carbocycles. The molecule has 0 aliphatic rings. The van der Waals surface area contributed by atoms with Crippen LogP contribution in [-0.2, 0) is 0 Å². The molecule has 0 bridgehead atoms. The van der Waals surface area contributed by atoms with Crippen molar-refractivity contribution in [2.45, 2.75) is 13.8 Å². The maximum absolute atomic E-state index is 12.0. The molecule has 0 spiro atoms. The maximum atomic E-state index is 12.0. The summed E-state index contributed by atoms with van der Waals surface area (Å²) >= 11 is 0. The van der Waals surface area contributed by atoms with Crippen LogP contribution in [0.4, 0.5) is 0 Å². The molecule has 4 nitrogen and oxygen atoms in total. The van der Waals surface area contributed by atoms with E-state index in [1.807, 2.05) is 26.0 Å². The summed E-state index contributed by atoms with van der Waals surface area (Å²) in [6.45, 7) is 8.07.